The van der Waals surface area contributed by atoms with E-state index < -0.39 is 49.5 Å². The maximum atomic E-state index is 13.0. The van der Waals surface area contributed by atoms with Gasteiger partial charge in [-0.1, -0.05) is 198 Å². The van der Waals surface area contributed by atoms with Gasteiger partial charge in [0.2, 0.25) is 5.91 Å². The van der Waals surface area contributed by atoms with Crippen LogP contribution in [0, 0.1) is 0 Å². The Labute approximate surface area is 355 Å². The molecule has 0 aromatic rings. The molecule has 1 fully saturated rings. The number of carbonyl (C=O) groups is 1. The largest absolute Gasteiger partial charge is 0.394 e. The van der Waals surface area contributed by atoms with Gasteiger partial charge in [-0.25, -0.2) is 0 Å². The fourth-order valence-corrected chi connectivity index (χ4v) is 7.54. The van der Waals surface area contributed by atoms with Gasteiger partial charge in [0, 0.05) is 6.42 Å². The maximum absolute atomic E-state index is 13.0. The summed E-state index contributed by atoms with van der Waals surface area (Å²) in [5.41, 5.74) is 0. The van der Waals surface area contributed by atoms with Gasteiger partial charge in [0.25, 0.3) is 0 Å². The molecule has 1 rings (SSSR count). The van der Waals surface area contributed by atoms with Gasteiger partial charge in [-0.05, 0) is 44.9 Å². The van der Waals surface area contributed by atoms with E-state index in [2.05, 4.69) is 43.5 Å². The number of aliphatic hydroxyl groups excluding tert-OH is 5. The smallest absolute Gasteiger partial charge is 0.220 e. The summed E-state index contributed by atoms with van der Waals surface area (Å²) in [6.07, 6.45) is 41.9. The van der Waals surface area contributed by atoms with E-state index in [0.717, 1.165) is 51.4 Å². The number of hydrogen-bond donors (Lipinski definition) is 6. The first-order valence-electron chi connectivity index (χ1n) is 24.2. The fraction of sp³-hybridized carbons (Fsp3) is 0.857. The molecule has 0 aromatic carbocycles. The van der Waals surface area contributed by atoms with Crippen LogP contribution >= 0.6 is 0 Å². The Morgan fingerprint density at radius 3 is 1.45 bits per heavy atom. The summed E-state index contributed by atoms with van der Waals surface area (Å²) in [5.74, 6) is -0.189. The highest BCUT2D eigenvalue weighted by Crippen LogP contribution is 2.23. The van der Waals surface area contributed by atoms with Crippen molar-refractivity contribution in [1.29, 1.82) is 0 Å². The molecule has 0 spiro atoms. The number of hydrogen-bond acceptors (Lipinski definition) is 8. The van der Waals surface area contributed by atoms with E-state index in [0.29, 0.717) is 6.42 Å². The van der Waals surface area contributed by atoms with Crippen molar-refractivity contribution >= 4 is 5.91 Å². The number of aliphatic hydroxyl groups is 5. The molecule has 1 amide bonds. The van der Waals surface area contributed by atoms with Crippen LogP contribution in [-0.2, 0) is 14.3 Å². The predicted octanol–water partition coefficient (Wildman–Crippen LogP) is 10.5. The second kappa shape index (κ2) is 39.5. The standard InChI is InChI=1S/C49H91NO8/c1-3-5-7-9-11-13-15-17-19-20-21-22-23-24-25-27-29-31-33-35-37-39-45(53)50-42(41-57-49-48(56)47(55)46(54)44(40-51)58-49)43(52)38-36-34-32-30-28-26-18-16-14-12-10-8-6-4-2/h14,16,28,30,36,38,42-44,46-49,51-52,54-56H,3-13,15,17-27,29,31-35,37,39-41H2,1-2H3,(H,50,53)/b16-14+,30-28+,38-36+. The Kier molecular flexibility index (Phi) is 37.1. The van der Waals surface area contributed by atoms with Crippen LogP contribution in [0.4, 0.5) is 0 Å². The average Bonchev–Trinajstić information content (AvgIpc) is 3.22. The topological polar surface area (TPSA) is 149 Å². The molecule has 1 saturated heterocycles. The van der Waals surface area contributed by atoms with Gasteiger partial charge in [0.1, 0.15) is 24.4 Å². The third-order valence-electron chi connectivity index (χ3n) is 11.4. The highest BCUT2D eigenvalue weighted by molar-refractivity contribution is 5.76. The summed E-state index contributed by atoms with van der Waals surface area (Å²) in [6, 6.07) is -0.824. The monoisotopic (exact) mass is 822 g/mol. The first kappa shape index (κ1) is 54.4. The van der Waals surface area contributed by atoms with E-state index in [1.165, 1.54) is 141 Å². The molecule has 1 aliphatic heterocycles. The normalized spacial score (nSPS) is 21.1. The zero-order valence-electron chi connectivity index (χ0n) is 37.3. The summed E-state index contributed by atoms with van der Waals surface area (Å²) >= 11 is 0. The van der Waals surface area contributed by atoms with Gasteiger partial charge >= 0.3 is 0 Å². The fourth-order valence-electron chi connectivity index (χ4n) is 7.54. The second-order valence-corrected chi connectivity index (χ2v) is 16.9. The molecule has 58 heavy (non-hydrogen) atoms. The van der Waals surface area contributed by atoms with E-state index in [1.807, 2.05) is 6.08 Å². The minimum atomic E-state index is -1.57. The summed E-state index contributed by atoms with van der Waals surface area (Å²) in [5, 5.41) is 54.2. The zero-order valence-corrected chi connectivity index (χ0v) is 37.3. The van der Waals surface area contributed by atoms with Gasteiger partial charge < -0.3 is 40.3 Å². The van der Waals surface area contributed by atoms with Gasteiger partial charge in [-0.3, -0.25) is 4.79 Å². The Bertz CT molecular complexity index is 1000. The van der Waals surface area contributed by atoms with Crippen LogP contribution in [0.1, 0.15) is 213 Å². The SMILES string of the molecule is CCCCCC/C=C/CC/C=C/CC/C=C/C(O)C(COC1OC(CO)C(O)C(O)C1O)NC(=O)CCCCCCCCCCCCCCCCCCCCCCC. The van der Waals surface area contributed by atoms with Crippen molar-refractivity contribution in [3.8, 4) is 0 Å². The van der Waals surface area contributed by atoms with E-state index in [4.69, 9.17) is 9.47 Å². The summed E-state index contributed by atoms with van der Waals surface area (Å²) in [7, 11) is 0. The molecule has 9 nitrogen and oxygen atoms in total. The maximum Gasteiger partial charge on any atom is 0.220 e. The minimum absolute atomic E-state index is 0.189. The molecule has 0 saturated carbocycles. The number of nitrogens with one attached hydrogen (secondary N) is 1. The van der Waals surface area contributed by atoms with E-state index >= 15 is 0 Å². The Morgan fingerprint density at radius 2 is 0.983 bits per heavy atom. The minimum Gasteiger partial charge on any atom is -0.394 e. The molecule has 7 atom stereocenters. The number of ether oxygens (including phenoxy) is 2. The molecule has 9 heteroatoms. The predicted molar refractivity (Wildman–Crippen MR) is 240 cm³/mol. The van der Waals surface area contributed by atoms with Crippen LogP contribution < -0.4 is 5.32 Å². The quantitative estimate of drug-likeness (QED) is 0.0264. The van der Waals surface area contributed by atoms with Crippen LogP contribution in [0.5, 0.6) is 0 Å². The molecule has 340 valence electrons. The zero-order chi connectivity index (χ0) is 42.3. The third kappa shape index (κ3) is 29.6. The summed E-state index contributed by atoms with van der Waals surface area (Å²) < 4.78 is 11.2. The van der Waals surface area contributed by atoms with Gasteiger partial charge in [0.05, 0.1) is 25.4 Å². The van der Waals surface area contributed by atoms with Crippen molar-refractivity contribution in [1.82, 2.24) is 5.32 Å². The molecule has 6 N–H and O–H groups in total. The van der Waals surface area contributed by atoms with E-state index in [1.54, 1.807) is 6.08 Å². The molecule has 0 radical (unpaired) electrons. The number of amides is 1. The Hall–Kier alpha value is -1.59. The van der Waals surface area contributed by atoms with E-state index in [9.17, 15) is 30.3 Å². The van der Waals surface area contributed by atoms with Crippen LogP contribution in [0.15, 0.2) is 36.5 Å². The molecule has 0 aromatic heterocycles. The first-order chi connectivity index (χ1) is 28.3. The molecular weight excluding hydrogens is 731 g/mol. The Morgan fingerprint density at radius 1 is 0.569 bits per heavy atom. The highest BCUT2D eigenvalue weighted by atomic mass is 16.7. The molecular formula is C49H91NO8. The van der Waals surface area contributed by atoms with Crippen molar-refractivity contribution in [2.45, 2.75) is 256 Å². The number of allylic oxidation sites excluding steroid dienone is 5. The van der Waals surface area contributed by atoms with Crippen molar-refractivity contribution in [2.75, 3.05) is 13.2 Å². The molecule has 0 bridgehead atoms. The van der Waals surface area contributed by atoms with Crippen LogP contribution in [0.25, 0.3) is 0 Å². The van der Waals surface area contributed by atoms with Crippen LogP contribution in [0.2, 0.25) is 0 Å². The van der Waals surface area contributed by atoms with Gasteiger partial charge in [-0.2, -0.15) is 0 Å². The number of unbranched alkanes of at least 4 members (excludes halogenated alkanes) is 26. The van der Waals surface area contributed by atoms with Crippen LogP contribution in [-0.4, -0.2) is 87.5 Å². The average molecular weight is 822 g/mol. The lowest BCUT2D eigenvalue weighted by molar-refractivity contribution is -0.302. The molecule has 7 unspecified atom stereocenters. The van der Waals surface area contributed by atoms with Gasteiger partial charge in [0.15, 0.2) is 6.29 Å². The summed E-state index contributed by atoms with van der Waals surface area (Å²) in [4.78, 5) is 13.0. The molecule has 1 heterocycles. The lowest BCUT2D eigenvalue weighted by Gasteiger charge is -2.40. The Balaban J connectivity index is 2.31. The summed E-state index contributed by atoms with van der Waals surface area (Å²) in [6.45, 7) is 3.74. The lowest BCUT2D eigenvalue weighted by Crippen LogP contribution is -2.60. The lowest BCUT2D eigenvalue weighted by atomic mass is 9.99. The molecule has 0 aliphatic carbocycles. The van der Waals surface area contributed by atoms with Crippen LogP contribution in [0.3, 0.4) is 0 Å². The van der Waals surface area contributed by atoms with Gasteiger partial charge in [-0.15, -0.1) is 0 Å². The van der Waals surface area contributed by atoms with Crippen molar-refractivity contribution in [3.63, 3.8) is 0 Å². The first-order valence-corrected chi connectivity index (χ1v) is 24.2. The highest BCUT2D eigenvalue weighted by Gasteiger charge is 2.44. The second-order valence-electron chi connectivity index (χ2n) is 16.9. The van der Waals surface area contributed by atoms with Crippen molar-refractivity contribution in [2.24, 2.45) is 0 Å². The molecule has 1 aliphatic rings. The van der Waals surface area contributed by atoms with E-state index in [-0.39, 0.29) is 12.5 Å². The van der Waals surface area contributed by atoms with Crippen molar-refractivity contribution < 1.29 is 39.8 Å². The van der Waals surface area contributed by atoms with Crippen molar-refractivity contribution in [3.05, 3.63) is 36.5 Å². The number of carbonyl (C=O) groups excluding carboxylic acids is 1. The number of rotatable bonds is 40. The third-order valence-corrected chi connectivity index (χ3v) is 11.4.